The molecule has 25 heavy (non-hydrogen) atoms. The lowest BCUT2D eigenvalue weighted by Gasteiger charge is -2.07. The number of ether oxygens (including phenoxy) is 1. The molecule has 0 aliphatic heterocycles. The van der Waals surface area contributed by atoms with Crippen LogP contribution < -0.4 is 15.6 Å². The van der Waals surface area contributed by atoms with Gasteiger partial charge in [-0.3, -0.25) is 9.59 Å². The normalized spacial score (nSPS) is 10.6. The van der Waals surface area contributed by atoms with Gasteiger partial charge in [-0.05, 0) is 24.3 Å². The number of carbonyl (C=O) groups excluding carboxylic acids is 1. The largest absolute Gasteiger partial charge is 0.492 e. The van der Waals surface area contributed by atoms with Crippen molar-refractivity contribution in [1.29, 1.82) is 0 Å². The molecule has 0 atom stereocenters. The highest BCUT2D eigenvalue weighted by Gasteiger charge is 2.06. The fourth-order valence-corrected chi connectivity index (χ4v) is 2.45. The Morgan fingerprint density at radius 3 is 2.68 bits per heavy atom. The van der Waals surface area contributed by atoms with Crippen LogP contribution in [0, 0.1) is 0 Å². The number of rotatable bonds is 7. The van der Waals surface area contributed by atoms with Crippen molar-refractivity contribution in [3.8, 4) is 5.75 Å². The first-order valence-electron chi connectivity index (χ1n) is 8.15. The minimum absolute atomic E-state index is 0.104. The van der Waals surface area contributed by atoms with E-state index < -0.39 is 0 Å². The summed E-state index contributed by atoms with van der Waals surface area (Å²) in [6, 6.07) is 16.6. The molecule has 2 N–H and O–H groups in total. The molecule has 128 valence electrons. The number of benzene rings is 2. The van der Waals surface area contributed by atoms with Gasteiger partial charge in [-0.15, -0.1) is 0 Å². The van der Waals surface area contributed by atoms with Crippen LogP contribution in [0.2, 0.25) is 0 Å². The van der Waals surface area contributed by atoms with Crippen LogP contribution in [0.4, 0.5) is 0 Å². The lowest BCUT2D eigenvalue weighted by molar-refractivity contribution is -0.121. The predicted molar refractivity (Wildman–Crippen MR) is 95.6 cm³/mol. The van der Waals surface area contributed by atoms with Gasteiger partial charge in [0.05, 0.1) is 17.4 Å². The molecule has 6 nitrogen and oxygen atoms in total. The summed E-state index contributed by atoms with van der Waals surface area (Å²) in [6.45, 7) is 0.830. The molecular formula is C19H19N3O3. The molecule has 2 aromatic carbocycles. The summed E-state index contributed by atoms with van der Waals surface area (Å²) in [6.07, 6.45) is 0.637. The van der Waals surface area contributed by atoms with Gasteiger partial charge in [0.15, 0.2) is 0 Å². The van der Waals surface area contributed by atoms with Crippen LogP contribution >= 0.6 is 0 Å². The zero-order valence-electron chi connectivity index (χ0n) is 13.7. The van der Waals surface area contributed by atoms with E-state index in [0.29, 0.717) is 36.3 Å². The molecule has 3 aromatic rings. The Hall–Kier alpha value is -3.15. The Morgan fingerprint density at radius 2 is 1.84 bits per heavy atom. The summed E-state index contributed by atoms with van der Waals surface area (Å²) in [4.78, 5) is 31.0. The van der Waals surface area contributed by atoms with Crippen LogP contribution in [0.25, 0.3) is 10.9 Å². The van der Waals surface area contributed by atoms with Crippen molar-refractivity contribution in [2.75, 3.05) is 13.2 Å². The minimum Gasteiger partial charge on any atom is -0.492 e. The molecule has 3 rings (SSSR count). The highest BCUT2D eigenvalue weighted by molar-refractivity contribution is 5.78. The van der Waals surface area contributed by atoms with Crippen molar-refractivity contribution in [3.05, 3.63) is 70.8 Å². The van der Waals surface area contributed by atoms with E-state index in [9.17, 15) is 9.59 Å². The summed E-state index contributed by atoms with van der Waals surface area (Å²) in [5.41, 5.74) is 0.454. The van der Waals surface area contributed by atoms with E-state index in [-0.39, 0.29) is 17.9 Å². The summed E-state index contributed by atoms with van der Waals surface area (Å²) in [5.74, 6) is 1.18. The smallest absolute Gasteiger partial charge is 0.258 e. The van der Waals surface area contributed by atoms with Gasteiger partial charge in [0.2, 0.25) is 5.91 Å². The SMILES string of the molecule is O=C(CCc1nc2ccccc2c(=O)[nH]1)NCCOc1ccccc1. The van der Waals surface area contributed by atoms with E-state index in [4.69, 9.17) is 4.74 Å². The van der Waals surface area contributed by atoms with Gasteiger partial charge in [0.1, 0.15) is 18.2 Å². The van der Waals surface area contributed by atoms with E-state index in [0.717, 1.165) is 5.75 Å². The number of hydrogen-bond acceptors (Lipinski definition) is 4. The van der Waals surface area contributed by atoms with Gasteiger partial charge in [-0.1, -0.05) is 30.3 Å². The number of aromatic nitrogens is 2. The van der Waals surface area contributed by atoms with Crippen LogP contribution in [0.3, 0.4) is 0 Å². The van der Waals surface area contributed by atoms with Crippen molar-refractivity contribution in [1.82, 2.24) is 15.3 Å². The molecule has 0 saturated carbocycles. The van der Waals surface area contributed by atoms with Crippen LogP contribution in [0.1, 0.15) is 12.2 Å². The second-order valence-corrected chi connectivity index (χ2v) is 5.54. The van der Waals surface area contributed by atoms with Gasteiger partial charge in [0, 0.05) is 12.8 Å². The minimum atomic E-state index is -0.183. The maximum absolute atomic E-state index is 12.0. The Balaban J connectivity index is 1.45. The number of aromatic amines is 1. The number of nitrogens with one attached hydrogen (secondary N) is 2. The van der Waals surface area contributed by atoms with E-state index in [1.54, 1.807) is 18.2 Å². The van der Waals surface area contributed by atoms with Gasteiger partial charge in [-0.25, -0.2) is 4.98 Å². The number of nitrogens with zero attached hydrogens (tertiary/aromatic N) is 1. The third-order valence-corrected chi connectivity index (χ3v) is 3.69. The number of amides is 1. The molecule has 0 unspecified atom stereocenters. The van der Waals surface area contributed by atoms with E-state index in [1.165, 1.54) is 0 Å². The molecule has 0 aliphatic carbocycles. The number of para-hydroxylation sites is 2. The summed E-state index contributed by atoms with van der Waals surface area (Å²) >= 11 is 0. The second-order valence-electron chi connectivity index (χ2n) is 5.54. The fraction of sp³-hybridized carbons (Fsp3) is 0.211. The predicted octanol–water partition coefficient (Wildman–Crippen LogP) is 2.05. The fourth-order valence-electron chi connectivity index (χ4n) is 2.45. The Bertz CT molecular complexity index is 906. The number of fused-ring (bicyclic) bond motifs is 1. The monoisotopic (exact) mass is 337 g/mol. The molecule has 0 spiro atoms. The zero-order chi connectivity index (χ0) is 17.5. The van der Waals surface area contributed by atoms with Gasteiger partial charge in [0.25, 0.3) is 5.56 Å². The summed E-state index contributed by atoms with van der Waals surface area (Å²) < 4.78 is 5.51. The first kappa shape index (κ1) is 16.7. The molecular weight excluding hydrogens is 318 g/mol. The zero-order valence-corrected chi connectivity index (χ0v) is 13.7. The van der Waals surface area contributed by atoms with E-state index in [2.05, 4.69) is 15.3 Å². The molecule has 0 fully saturated rings. The number of aryl methyl sites for hydroxylation is 1. The van der Waals surface area contributed by atoms with Crippen LogP contribution in [-0.2, 0) is 11.2 Å². The molecule has 1 heterocycles. The molecule has 0 radical (unpaired) electrons. The molecule has 6 heteroatoms. The Morgan fingerprint density at radius 1 is 1.08 bits per heavy atom. The van der Waals surface area contributed by atoms with Crippen LogP contribution in [0.15, 0.2) is 59.4 Å². The highest BCUT2D eigenvalue weighted by Crippen LogP contribution is 2.08. The van der Waals surface area contributed by atoms with Gasteiger partial charge >= 0.3 is 0 Å². The number of hydrogen-bond donors (Lipinski definition) is 2. The van der Waals surface area contributed by atoms with E-state index in [1.807, 2.05) is 36.4 Å². The average Bonchev–Trinajstić information content (AvgIpc) is 2.64. The standard InChI is InChI=1S/C19H19N3O3/c23-18(20-12-13-25-14-6-2-1-3-7-14)11-10-17-21-16-9-5-4-8-15(16)19(24)22-17/h1-9H,10-13H2,(H,20,23)(H,21,22,24). The summed E-state index contributed by atoms with van der Waals surface area (Å²) in [5, 5.41) is 3.34. The van der Waals surface area contributed by atoms with Crippen molar-refractivity contribution in [2.45, 2.75) is 12.8 Å². The Kier molecular flexibility index (Phi) is 5.41. The quantitative estimate of drug-likeness (QED) is 0.646. The number of H-pyrrole nitrogens is 1. The molecule has 1 amide bonds. The molecule has 0 aliphatic rings. The van der Waals surface area contributed by atoms with Crippen molar-refractivity contribution >= 4 is 16.8 Å². The third kappa shape index (κ3) is 4.67. The highest BCUT2D eigenvalue weighted by atomic mass is 16.5. The summed E-state index contributed by atoms with van der Waals surface area (Å²) in [7, 11) is 0. The molecule has 0 saturated heterocycles. The molecule has 0 bridgehead atoms. The third-order valence-electron chi connectivity index (χ3n) is 3.69. The second kappa shape index (κ2) is 8.10. The van der Waals surface area contributed by atoms with Gasteiger partial charge in [-0.2, -0.15) is 0 Å². The average molecular weight is 337 g/mol. The molecule has 1 aromatic heterocycles. The topological polar surface area (TPSA) is 84.1 Å². The number of carbonyl (C=O) groups is 1. The maximum Gasteiger partial charge on any atom is 0.258 e. The van der Waals surface area contributed by atoms with Crippen molar-refractivity contribution in [3.63, 3.8) is 0 Å². The van der Waals surface area contributed by atoms with Crippen LogP contribution in [-0.4, -0.2) is 29.0 Å². The Labute approximate surface area is 144 Å². The maximum atomic E-state index is 12.0. The van der Waals surface area contributed by atoms with Crippen LogP contribution in [0.5, 0.6) is 5.75 Å². The van der Waals surface area contributed by atoms with Crippen molar-refractivity contribution < 1.29 is 9.53 Å². The lowest BCUT2D eigenvalue weighted by Crippen LogP contribution is -2.28. The van der Waals surface area contributed by atoms with E-state index >= 15 is 0 Å². The van der Waals surface area contributed by atoms with Gasteiger partial charge < -0.3 is 15.0 Å². The first-order valence-corrected chi connectivity index (χ1v) is 8.15. The van der Waals surface area contributed by atoms with Crippen molar-refractivity contribution in [2.24, 2.45) is 0 Å². The lowest BCUT2D eigenvalue weighted by atomic mass is 10.2. The first-order chi connectivity index (χ1) is 12.2.